The second-order valence-corrected chi connectivity index (χ2v) is 5.39. The summed E-state index contributed by atoms with van der Waals surface area (Å²) in [4.78, 5) is 11.7. The van der Waals surface area contributed by atoms with Crippen LogP contribution in [0.3, 0.4) is 0 Å². The van der Waals surface area contributed by atoms with Crippen molar-refractivity contribution in [3.63, 3.8) is 0 Å². The Morgan fingerprint density at radius 3 is 2.86 bits per heavy atom. The van der Waals surface area contributed by atoms with Gasteiger partial charge in [0.1, 0.15) is 0 Å². The zero-order valence-electron chi connectivity index (χ0n) is 7.55. The van der Waals surface area contributed by atoms with Gasteiger partial charge in [0.25, 0.3) is 0 Å². The molecule has 0 saturated heterocycles. The Hall–Kier alpha value is -0.390. The topological polar surface area (TPSA) is 55.1 Å². The summed E-state index contributed by atoms with van der Waals surface area (Å²) in [5.41, 5.74) is 5.29. The molecule has 0 bridgehead atoms. The van der Waals surface area contributed by atoms with Crippen molar-refractivity contribution in [1.82, 2.24) is 0 Å². The van der Waals surface area contributed by atoms with Gasteiger partial charge in [0.15, 0.2) is 0 Å². The maximum atomic E-state index is 11.7. The highest BCUT2D eigenvalue weighted by atomic mass is 79.9. The summed E-state index contributed by atoms with van der Waals surface area (Å²) in [5.74, 6) is 0.0642. The molecular weight excluding hydrogens is 264 g/mol. The zero-order valence-corrected chi connectivity index (χ0v) is 9.95. The number of amides is 1. The Bertz CT molecular complexity index is 359. The maximum absolute atomic E-state index is 11.7. The molecule has 1 aromatic rings. The van der Waals surface area contributed by atoms with E-state index in [0.29, 0.717) is 6.54 Å². The van der Waals surface area contributed by atoms with Crippen LogP contribution < -0.4 is 11.1 Å². The number of thiophene rings is 1. The van der Waals surface area contributed by atoms with Crippen molar-refractivity contribution < 1.29 is 4.79 Å². The molecule has 0 aliphatic heterocycles. The quantitative estimate of drug-likeness (QED) is 0.888. The molecule has 0 unspecified atom stereocenters. The molecule has 76 valence electrons. The molecule has 3 N–H and O–H groups in total. The van der Waals surface area contributed by atoms with Crippen LogP contribution in [0.5, 0.6) is 0 Å². The van der Waals surface area contributed by atoms with Crippen molar-refractivity contribution in [2.24, 2.45) is 11.1 Å². The zero-order chi connectivity index (χ0) is 10.2. The summed E-state index contributed by atoms with van der Waals surface area (Å²) in [6.45, 7) is 0.450. The van der Waals surface area contributed by atoms with Crippen LogP contribution in [-0.4, -0.2) is 12.5 Å². The molecule has 1 aromatic heterocycles. The van der Waals surface area contributed by atoms with Gasteiger partial charge in [-0.25, -0.2) is 0 Å². The van der Waals surface area contributed by atoms with Crippen LogP contribution in [0.25, 0.3) is 0 Å². The molecule has 1 amide bonds. The number of halogens is 1. The molecule has 3 nitrogen and oxygen atoms in total. The third-order valence-electron chi connectivity index (χ3n) is 2.53. The van der Waals surface area contributed by atoms with Crippen LogP contribution in [0.1, 0.15) is 12.8 Å². The average molecular weight is 275 g/mol. The largest absolute Gasteiger partial charge is 0.329 e. The Morgan fingerprint density at radius 2 is 2.43 bits per heavy atom. The summed E-state index contributed by atoms with van der Waals surface area (Å²) < 4.78 is 0.996. The molecule has 2 rings (SSSR count). The van der Waals surface area contributed by atoms with E-state index in [4.69, 9.17) is 5.73 Å². The Balaban J connectivity index is 2.01. The Labute approximate surface area is 94.8 Å². The molecule has 1 heterocycles. The minimum Gasteiger partial charge on any atom is -0.329 e. The molecule has 0 atom stereocenters. The highest BCUT2D eigenvalue weighted by Crippen LogP contribution is 2.45. The molecule has 0 aromatic carbocycles. The van der Waals surface area contributed by atoms with Crippen LogP contribution >= 0.6 is 27.3 Å². The molecule has 1 fully saturated rings. The molecular formula is C9H11BrN2OS. The summed E-state index contributed by atoms with van der Waals surface area (Å²) in [6.07, 6.45) is 1.84. The van der Waals surface area contributed by atoms with E-state index in [-0.39, 0.29) is 11.3 Å². The van der Waals surface area contributed by atoms with E-state index in [1.165, 1.54) is 11.3 Å². The van der Waals surface area contributed by atoms with E-state index >= 15 is 0 Å². The van der Waals surface area contributed by atoms with E-state index in [0.717, 1.165) is 22.3 Å². The molecule has 1 aliphatic rings. The predicted molar refractivity (Wildman–Crippen MR) is 61.4 cm³/mol. The first-order valence-corrected chi connectivity index (χ1v) is 6.09. The first-order valence-electron chi connectivity index (χ1n) is 4.42. The number of nitrogens with one attached hydrogen (secondary N) is 1. The van der Waals surface area contributed by atoms with Crippen molar-refractivity contribution in [2.45, 2.75) is 12.8 Å². The molecule has 14 heavy (non-hydrogen) atoms. The molecule has 5 heteroatoms. The number of hydrogen-bond donors (Lipinski definition) is 2. The standard InChI is InChI=1S/C9H11BrN2OS/c10-6-3-7(14-4-6)12-8(13)9(5-11)1-2-9/h3-4H,1-2,5,11H2,(H,12,13). The monoisotopic (exact) mass is 274 g/mol. The lowest BCUT2D eigenvalue weighted by atomic mass is 10.1. The second kappa shape index (κ2) is 3.64. The Morgan fingerprint density at radius 1 is 1.71 bits per heavy atom. The van der Waals surface area contributed by atoms with E-state index in [1.807, 2.05) is 11.4 Å². The number of carbonyl (C=O) groups excluding carboxylic acids is 1. The minimum absolute atomic E-state index is 0.0642. The summed E-state index contributed by atoms with van der Waals surface area (Å²) in [6, 6.07) is 1.90. The van der Waals surface area contributed by atoms with Crippen molar-refractivity contribution in [2.75, 3.05) is 11.9 Å². The van der Waals surface area contributed by atoms with Crippen LogP contribution in [-0.2, 0) is 4.79 Å². The Kier molecular flexibility index (Phi) is 2.64. The average Bonchev–Trinajstić information content (AvgIpc) is 2.87. The van der Waals surface area contributed by atoms with Crippen molar-refractivity contribution >= 4 is 38.2 Å². The maximum Gasteiger partial charge on any atom is 0.232 e. The number of anilines is 1. The van der Waals surface area contributed by atoms with Crippen molar-refractivity contribution in [3.05, 3.63) is 15.9 Å². The normalized spacial score (nSPS) is 17.9. The van der Waals surface area contributed by atoms with Crippen LogP contribution in [0.15, 0.2) is 15.9 Å². The lowest BCUT2D eigenvalue weighted by molar-refractivity contribution is -0.120. The van der Waals surface area contributed by atoms with Gasteiger partial charge in [-0.05, 0) is 34.8 Å². The van der Waals surface area contributed by atoms with Gasteiger partial charge in [0.2, 0.25) is 5.91 Å². The predicted octanol–water partition coefficient (Wildman–Crippen LogP) is 2.19. The fraction of sp³-hybridized carbons (Fsp3) is 0.444. The SMILES string of the molecule is NCC1(C(=O)Nc2cc(Br)cs2)CC1. The van der Waals surface area contributed by atoms with Crippen LogP contribution in [0.4, 0.5) is 5.00 Å². The number of rotatable bonds is 3. The van der Waals surface area contributed by atoms with E-state index in [9.17, 15) is 4.79 Å². The first-order chi connectivity index (χ1) is 6.66. The summed E-state index contributed by atoms with van der Waals surface area (Å²) in [7, 11) is 0. The van der Waals surface area contributed by atoms with Crippen LogP contribution in [0.2, 0.25) is 0 Å². The lowest BCUT2D eigenvalue weighted by Crippen LogP contribution is -2.30. The second-order valence-electron chi connectivity index (χ2n) is 3.57. The summed E-state index contributed by atoms with van der Waals surface area (Å²) >= 11 is 4.85. The highest BCUT2D eigenvalue weighted by Gasteiger charge is 2.48. The number of nitrogens with two attached hydrogens (primary N) is 1. The van der Waals surface area contributed by atoms with Crippen LogP contribution in [0, 0.1) is 5.41 Å². The van der Waals surface area contributed by atoms with E-state index in [2.05, 4.69) is 21.2 Å². The van der Waals surface area contributed by atoms with E-state index < -0.39 is 0 Å². The molecule has 1 saturated carbocycles. The fourth-order valence-electron chi connectivity index (χ4n) is 1.30. The number of carbonyl (C=O) groups is 1. The van der Waals surface area contributed by atoms with Gasteiger partial charge in [-0.3, -0.25) is 4.79 Å². The third kappa shape index (κ3) is 1.85. The fourth-order valence-corrected chi connectivity index (χ4v) is 2.61. The summed E-state index contributed by atoms with van der Waals surface area (Å²) in [5, 5.41) is 5.70. The van der Waals surface area contributed by atoms with Gasteiger partial charge in [0.05, 0.1) is 10.4 Å². The van der Waals surface area contributed by atoms with Gasteiger partial charge >= 0.3 is 0 Å². The van der Waals surface area contributed by atoms with Gasteiger partial charge in [0, 0.05) is 16.4 Å². The molecule has 1 aliphatic carbocycles. The first kappa shape index (κ1) is 10.1. The molecule has 0 spiro atoms. The lowest BCUT2D eigenvalue weighted by Gasteiger charge is -2.10. The van der Waals surface area contributed by atoms with Crippen molar-refractivity contribution in [3.8, 4) is 0 Å². The number of hydrogen-bond acceptors (Lipinski definition) is 3. The van der Waals surface area contributed by atoms with Gasteiger partial charge in [-0.1, -0.05) is 0 Å². The van der Waals surface area contributed by atoms with E-state index in [1.54, 1.807) is 0 Å². The van der Waals surface area contributed by atoms with Crippen molar-refractivity contribution in [1.29, 1.82) is 0 Å². The third-order valence-corrected chi connectivity index (χ3v) is 4.14. The highest BCUT2D eigenvalue weighted by molar-refractivity contribution is 9.10. The van der Waals surface area contributed by atoms with Gasteiger partial charge in [-0.2, -0.15) is 0 Å². The molecule has 0 radical (unpaired) electrons. The van der Waals surface area contributed by atoms with Gasteiger partial charge < -0.3 is 11.1 Å². The minimum atomic E-state index is -0.267. The van der Waals surface area contributed by atoms with Gasteiger partial charge in [-0.15, -0.1) is 11.3 Å². The smallest absolute Gasteiger partial charge is 0.232 e.